The van der Waals surface area contributed by atoms with Crippen LogP contribution in [0.2, 0.25) is 0 Å². The molecule has 0 saturated carbocycles. The summed E-state index contributed by atoms with van der Waals surface area (Å²) in [6, 6.07) is -0.0247. The second-order valence-electron chi connectivity index (χ2n) is 6.25. The molecular formula is C14H29F3N2. The third-order valence-corrected chi connectivity index (χ3v) is 2.97. The molecule has 0 spiro atoms. The predicted molar refractivity (Wildman–Crippen MR) is 74.4 cm³/mol. The first-order chi connectivity index (χ1) is 8.55. The number of alkyl halides is 3. The number of halogens is 3. The van der Waals surface area contributed by atoms with Crippen molar-refractivity contribution in [1.82, 2.24) is 10.2 Å². The second kappa shape index (κ2) is 8.10. The van der Waals surface area contributed by atoms with Crippen LogP contribution >= 0.6 is 0 Å². The van der Waals surface area contributed by atoms with E-state index in [9.17, 15) is 13.2 Å². The molecule has 0 fully saturated rings. The number of hydrogen-bond donors (Lipinski definition) is 1. The quantitative estimate of drug-likeness (QED) is 0.681. The fourth-order valence-electron chi connectivity index (χ4n) is 2.02. The fourth-order valence-corrected chi connectivity index (χ4v) is 2.02. The molecule has 0 aromatic rings. The third-order valence-electron chi connectivity index (χ3n) is 2.97. The summed E-state index contributed by atoms with van der Waals surface area (Å²) in [5, 5.41) is 3.36. The Balaban J connectivity index is 4.08. The lowest BCUT2D eigenvalue weighted by molar-refractivity contribution is -0.150. The number of hydrogen-bond acceptors (Lipinski definition) is 2. The van der Waals surface area contributed by atoms with Crippen molar-refractivity contribution >= 4 is 0 Å². The molecule has 116 valence electrons. The van der Waals surface area contributed by atoms with Crippen LogP contribution in [0, 0.1) is 0 Å². The van der Waals surface area contributed by atoms with Crippen molar-refractivity contribution in [3.05, 3.63) is 0 Å². The third kappa shape index (κ3) is 11.3. The van der Waals surface area contributed by atoms with Gasteiger partial charge in [-0.3, -0.25) is 4.90 Å². The average Bonchev–Trinajstić information content (AvgIpc) is 2.20. The number of nitrogens with one attached hydrogen (secondary N) is 1. The molecule has 1 N–H and O–H groups in total. The van der Waals surface area contributed by atoms with Crippen molar-refractivity contribution in [1.29, 1.82) is 0 Å². The molecular weight excluding hydrogens is 253 g/mol. The molecule has 0 heterocycles. The van der Waals surface area contributed by atoms with Gasteiger partial charge in [-0.2, -0.15) is 13.2 Å². The molecule has 19 heavy (non-hydrogen) atoms. The molecule has 2 nitrogen and oxygen atoms in total. The summed E-state index contributed by atoms with van der Waals surface area (Å²) in [7, 11) is 0. The second-order valence-corrected chi connectivity index (χ2v) is 6.25. The minimum atomic E-state index is -4.10. The zero-order valence-electron chi connectivity index (χ0n) is 12.9. The lowest BCUT2D eigenvalue weighted by Gasteiger charge is -2.30. The van der Waals surface area contributed by atoms with E-state index in [4.69, 9.17) is 0 Å². The Morgan fingerprint density at radius 1 is 1.16 bits per heavy atom. The summed E-state index contributed by atoms with van der Waals surface area (Å²) in [5.74, 6) is 0. The van der Waals surface area contributed by atoms with E-state index in [0.717, 1.165) is 25.8 Å². The van der Waals surface area contributed by atoms with E-state index in [-0.39, 0.29) is 11.6 Å². The molecule has 1 unspecified atom stereocenters. The van der Waals surface area contributed by atoms with Crippen LogP contribution in [0.5, 0.6) is 0 Å². The highest BCUT2D eigenvalue weighted by atomic mass is 19.4. The first kappa shape index (κ1) is 18.7. The van der Waals surface area contributed by atoms with Crippen molar-refractivity contribution in [2.75, 3.05) is 19.6 Å². The zero-order valence-corrected chi connectivity index (χ0v) is 12.9. The van der Waals surface area contributed by atoms with E-state index in [1.807, 2.05) is 13.8 Å². The van der Waals surface area contributed by atoms with Gasteiger partial charge >= 0.3 is 6.18 Å². The van der Waals surface area contributed by atoms with Gasteiger partial charge in [0.2, 0.25) is 0 Å². The Morgan fingerprint density at radius 3 is 2.16 bits per heavy atom. The van der Waals surface area contributed by atoms with Crippen molar-refractivity contribution in [2.45, 2.75) is 71.6 Å². The van der Waals surface area contributed by atoms with Crippen molar-refractivity contribution in [2.24, 2.45) is 0 Å². The Bertz CT molecular complexity index is 234. The van der Waals surface area contributed by atoms with E-state index in [1.54, 1.807) is 0 Å². The van der Waals surface area contributed by atoms with Crippen LogP contribution in [0.15, 0.2) is 0 Å². The van der Waals surface area contributed by atoms with Crippen LogP contribution in [0.1, 0.15) is 53.9 Å². The van der Waals surface area contributed by atoms with Crippen LogP contribution in [-0.2, 0) is 0 Å². The largest absolute Gasteiger partial charge is 0.401 e. The standard InChI is InChI=1S/C14H29F3N2/c1-6-10-19(11-14(15,16)17)12(2)8-7-9-18-13(3,4)5/h12,18H,6-11H2,1-5H3. The van der Waals surface area contributed by atoms with Crippen LogP contribution in [0.4, 0.5) is 13.2 Å². The van der Waals surface area contributed by atoms with E-state index < -0.39 is 12.7 Å². The summed E-state index contributed by atoms with van der Waals surface area (Å²) in [6.45, 7) is 10.6. The number of rotatable bonds is 8. The van der Waals surface area contributed by atoms with Crippen molar-refractivity contribution in [3.63, 3.8) is 0 Å². The van der Waals surface area contributed by atoms with Crippen molar-refractivity contribution in [3.8, 4) is 0 Å². The van der Waals surface area contributed by atoms with Gasteiger partial charge in [-0.15, -0.1) is 0 Å². The lowest BCUT2D eigenvalue weighted by atomic mass is 10.1. The fraction of sp³-hybridized carbons (Fsp3) is 1.00. The molecule has 5 heteroatoms. The normalized spacial score (nSPS) is 15.0. The van der Waals surface area contributed by atoms with Crippen LogP contribution in [0.25, 0.3) is 0 Å². The van der Waals surface area contributed by atoms with Gasteiger partial charge in [0.25, 0.3) is 0 Å². The molecule has 0 aliphatic carbocycles. The van der Waals surface area contributed by atoms with Gasteiger partial charge in [0.1, 0.15) is 0 Å². The molecule has 1 atom stereocenters. The Hall–Kier alpha value is -0.290. The monoisotopic (exact) mass is 282 g/mol. The van der Waals surface area contributed by atoms with E-state index in [1.165, 1.54) is 4.90 Å². The van der Waals surface area contributed by atoms with Gasteiger partial charge in [-0.05, 0) is 60.0 Å². The van der Waals surface area contributed by atoms with Crippen molar-refractivity contribution < 1.29 is 13.2 Å². The maximum atomic E-state index is 12.5. The predicted octanol–water partition coefficient (Wildman–Crippen LogP) is 3.82. The summed E-state index contributed by atoms with van der Waals surface area (Å²) < 4.78 is 37.4. The smallest absolute Gasteiger partial charge is 0.312 e. The highest BCUT2D eigenvalue weighted by molar-refractivity contribution is 4.73. The van der Waals surface area contributed by atoms with Gasteiger partial charge in [0.05, 0.1) is 6.54 Å². The molecule has 0 bridgehead atoms. The minimum Gasteiger partial charge on any atom is -0.312 e. The molecule has 0 saturated heterocycles. The zero-order chi connectivity index (χ0) is 15.1. The first-order valence-corrected chi connectivity index (χ1v) is 7.11. The highest BCUT2D eigenvalue weighted by Crippen LogP contribution is 2.19. The maximum absolute atomic E-state index is 12.5. The molecule has 0 aliphatic heterocycles. The molecule has 0 aliphatic rings. The van der Waals surface area contributed by atoms with E-state index >= 15 is 0 Å². The topological polar surface area (TPSA) is 15.3 Å². The number of nitrogens with zero attached hydrogens (tertiary/aromatic N) is 1. The Morgan fingerprint density at radius 2 is 1.74 bits per heavy atom. The average molecular weight is 282 g/mol. The summed E-state index contributed by atoms with van der Waals surface area (Å²) in [6.07, 6.45) is -1.66. The minimum absolute atomic E-state index is 0.0247. The summed E-state index contributed by atoms with van der Waals surface area (Å²) in [4.78, 5) is 1.54. The summed E-state index contributed by atoms with van der Waals surface area (Å²) in [5.41, 5.74) is 0.0678. The Labute approximate surface area is 115 Å². The van der Waals surface area contributed by atoms with E-state index in [2.05, 4.69) is 26.1 Å². The van der Waals surface area contributed by atoms with Gasteiger partial charge in [0.15, 0.2) is 0 Å². The molecule has 0 amide bonds. The SMILES string of the molecule is CCCN(CC(F)(F)F)C(C)CCCNC(C)(C)C. The summed E-state index contributed by atoms with van der Waals surface area (Å²) >= 11 is 0. The van der Waals surface area contributed by atoms with Gasteiger partial charge in [0, 0.05) is 11.6 Å². The van der Waals surface area contributed by atoms with Crippen LogP contribution < -0.4 is 5.32 Å². The van der Waals surface area contributed by atoms with Gasteiger partial charge in [-0.25, -0.2) is 0 Å². The lowest BCUT2D eigenvalue weighted by Crippen LogP contribution is -2.41. The van der Waals surface area contributed by atoms with E-state index in [0.29, 0.717) is 6.54 Å². The molecule has 0 rings (SSSR count). The maximum Gasteiger partial charge on any atom is 0.401 e. The van der Waals surface area contributed by atoms with Gasteiger partial charge < -0.3 is 5.32 Å². The molecule has 0 radical (unpaired) electrons. The highest BCUT2D eigenvalue weighted by Gasteiger charge is 2.32. The molecule has 0 aromatic carbocycles. The first-order valence-electron chi connectivity index (χ1n) is 7.11. The van der Waals surface area contributed by atoms with Gasteiger partial charge in [-0.1, -0.05) is 6.92 Å². The molecule has 0 aromatic heterocycles. The Kier molecular flexibility index (Phi) is 7.98. The van der Waals surface area contributed by atoms with Crippen LogP contribution in [0.3, 0.4) is 0 Å². The van der Waals surface area contributed by atoms with Crippen LogP contribution in [-0.4, -0.2) is 42.3 Å².